The van der Waals surface area contributed by atoms with Gasteiger partial charge in [-0.3, -0.25) is 0 Å². The Kier molecular flexibility index (Phi) is 1.57. The topological polar surface area (TPSA) is 38.5 Å². The number of hydrogen-bond donors (Lipinski definition) is 1. The second-order valence-electron chi connectivity index (χ2n) is 8.04. The van der Waals surface area contributed by atoms with E-state index < -0.39 is 0 Å². The number of hydrogen-bond acceptors (Lipinski definition) is 2. The van der Waals surface area contributed by atoms with Gasteiger partial charge >= 0.3 is 0 Å². The highest BCUT2D eigenvalue weighted by molar-refractivity contribution is 5.32. The molecule has 17 heavy (non-hydrogen) atoms. The van der Waals surface area contributed by atoms with Gasteiger partial charge in [-0.2, -0.15) is 0 Å². The number of ether oxygens (including phenoxy) is 1. The molecule has 1 saturated heterocycles. The molecular formula is C15H25NO. The van der Waals surface area contributed by atoms with E-state index in [-0.39, 0.29) is 16.6 Å². The van der Waals surface area contributed by atoms with Crippen LogP contribution in [0.1, 0.15) is 53.4 Å². The average Bonchev–Trinajstić information content (AvgIpc) is 2.81. The maximum absolute atomic E-state index is 6.99. The lowest BCUT2D eigenvalue weighted by atomic mass is 9.62. The zero-order chi connectivity index (χ0) is 12.3. The zero-order valence-corrected chi connectivity index (χ0v) is 11.5. The zero-order valence-electron chi connectivity index (χ0n) is 11.5. The molecule has 3 saturated carbocycles. The Morgan fingerprint density at radius 1 is 1.18 bits per heavy atom. The quantitative estimate of drug-likeness (QED) is 0.656. The predicted octanol–water partition coefficient (Wildman–Crippen LogP) is 2.71. The van der Waals surface area contributed by atoms with E-state index in [1.807, 2.05) is 0 Å². The van der Waals surface area contributed by atoms with Crippen LogP contribution in [0.25, 0.3) is 0 Å². The van der Waals surface area contributed by atoms with Crippen molar-refractivity contribution in [2.75, 3.05) is 0 Å². The third-order valence-corrected chi connectivity index (χ3v) is 7.61. The summed E-state index contributed by atoms with van der Waals surface area (Å²) in [5.41, 5.74) is 7.82. The summed E-state index contributed by atoms with van der Waals surface area (Å²) in [5, 5.41) is 0. The van der Waals surface area contributed by atoms with E-state index in [1.165, 1.54) is 25.7 Å². The van der Waals surface area contributed by atoms with Crippen molar-refractivity contribution in [3.63, 3.8) is 0 Å². The second-order valence-corrected chi connectivity index (χ2v) is 8.04. The number of fused-ring (bicyclic) bond motifs is 3. The van der Waals surface area contributed by atoms with Crippen molar-refractivity contribution < 1.29 is 4.74 Å². The summed E-state index contributed by atoms with van der Waals surface area (Å²) in [6.45, 7) is 9.57. The minimum atomic E-state index is 0.0594. The molecule has 4 fully saturated rings. The molecule has 1 spiro atoms. The maximum Gasteiger partial charge on any atom is 0.0954 e. The van der Waals surface area contributed by atoms with Crippen LogP contribution in [-0.4, -0.2) is 17.2 Å². The summed E-state index contributed by atoms with van der Waals surface area (Å²) in [4.78, 5) is 0. The van der Waals surface area contributed by atoms with Crippen LogP contribution in [0.4, 0.5) is 0 Å². The summed E-state index contributed by atoms with van der Waals surface area (Å²) < 4.78 is 6.08. The number of nitrogens with two attached hydrogens (primary N) is 1. The molecule has 1 heterocycles. The van der Waals surface area contributed by atoms with Gasteiger partial charge in [0.25, 0.3) is 0 Å². The molecule has 96 valence electrons. The lowest BCUT2D eigenvalue weighted by Gasteiger charge is -2.47. The Hall–Kier alpha value is -0.0800. The fourth-order valence-corrected chi connectivity index (χ4v) is 6.23. The molecule has 0 radical (unpaired) electrons. The van der Waals surface area contributed by atoms with Crippen LogP contribution < -0.4 is 5.73 Å². The molecule has 2 N–H and O–H groups in total. The number of epoxide rings is 1. The van der Waals surface area contributed by atoms with E-state index in [1.54, 1.807) is 0 Å². The van der Waals surface area contributed by atoms with Crippen LogP contribution in [0.5, 0.6) is 0 Å². The van der Waals surface area contributed by atoms with Gasteiger partial charge in [-0.25, -0.2) is 0 Å². The smallest absolute Gasteiger partial charge is 0.0954 e. The van der Waals surface area contributed by atoms with Gasteiger partial charge in [-0.05, 0) is 55.3 Å². The molecule has 4 aliphatic rings. The van der Waals surface area contributed by atoms with E-state index >= 15 is 0 Å². The van der Waals surface area contributed by atoms with E-state index in [0.29, 0.717) is 17.4 Å². The highest BCUT2D eigenvalue weighted by Gasteiger charge is 2.81. The molecule has 1 aliphatic heterocycles. The standard InChI is InChI=1S/C15H25NO/c1-9-5-6-15(16)12(2,3)10-7-14(9,15)8-11-13(10,4)17-11/h9-11H,5-8,16H2,1-4H3/t9-,10?,11?,13?,14-,15-/m1/s1. The van der Waals surface area contributed by atoms with Crippen molar-refractivity contribution in [3.8, 4) is 0 Å². The maximum atomic E-state index is 6.99. The Morgan fingerprint density at radius 2 is 1.88 bits per heavy atom. The van der Waals surface area contributed by atoms with Gasteiger partial charge < -0.3 is 10.5 Å². The molecule has 6 atom stereocenters. The van der Waals surface area contributed by atoms with Crippen molar-refractivity contribution in [2.24, 2.45) is 28.4 Å². The first-order valence-electron chi connectivity index (χ1n) is 7.25. The Balaban J connectivity index is 1.92. The second kappa shape index (κ2) is 2.46. The molecule has 0 aromatic rings. The third kappa shape index (κ3) is 0.831. The average molecular weight is 235 g/mol. The molecule has 2 nitrogen and oxygen atoms in total. The van der Waals surface area contributed by atoms with Crippen LogP contribution >= 0.6 is 0 Å². The van der Waals surface area contributed by atoms with Gasteiger partial charge in [0.15, 0.2) is 0 Å². The van der Waals surface area contributed by atoms with Gasteiger partial charge in [-0.1, -0.05) is 20.8 Å². The first kappa shape index (κ1) is 10.8. The van der Waals surface area contributed by atoms with Crippen molar-refractivity contribution >= 4 is 0 Å². The van der Waals surface area contributed by atoms with Crippen molar-refractivity contribution in [1.29, 1.82) is 0 Å². The van der Waals surface area contributed by atoms with Gasteiger partial charge in [0, 0.05) is 5.54 Å². The molecular weight excluding hydrogens is 210 g/mol. The Morgan fingerprint density at radius 3 is 2.59 bits per heavy atom. The monoisotopic (exact) mass is 235 g/mol. The fraction of sp³-hybridized carbons (Fsp3) is 1.00. The molecule has 0 aromatic heterocycles. The molecule has 2 bridgehead atoms. The van der Waals surface area contributed by atoms with Gasteiger partial charge in [-0.15, -0.1) is 0 Å². The van der Waals surface area contributed by atoms with Crippen molar-refractivity contribution in [1.82, 2.24) is 0 Å². The van der Waals surface area contributed by atoms with E-state index in [0.717, 1.165) is 5.92 Å². The Bertz CT molecular complexity index is 406. The first-order chi connectivity index (χ1) is 7.78. The van der Waals surface area contributed by atoms with Crippen LogP contribution in [0.3, 0.4) is 0 Å². The highest BCUT2D eigenvalue weighted by atomic mass is 16.6. The summed E-state index contributed by atoms with van der Waals surface area (Å²) in [6, 6.07) is 0. The molecule has 0 amide bonds. The van der Waals surface area contributed by atoms with Crippen LogP contribution in [0.2, 0.25) is 0 Å². The summed E-state index contributed by atoms with van der Waals surface area (Å²) in [5.74, 6) is 1.45. The minimum Gasteiger partial charge on any atom is -0.366 e. The van der Waals surface area contributed by atoms with Gasteiger partial charge in [0.1, 0.15) is 0 Å². The van der Waals surface area contributed by atoms with E-state index in [9.17, 15) is 0 Å². The Labute approximate surface area is 104 Å². The molecule has 4 rings (SSSR count). The number of rotatable bonds is 0. The third-order valence-electron chi connectivity index (χ3n) is 7.61. The van der Waals surface area contributed by atoms with Crippen LogP contribution in [0.15, 0.2) is 0 Å². The lowest BCUT2D eigenvalue weighted by molar-refractivity contribution is 0.0550. The SMILES string of the molecule is C[C@@H]1CC[C@@]2(N)C(C)(C)C3C[C@@]12CC1OC13C. The minimum absolute atomic E-state index is 0.0594. The van der Waals surface area contributed by atoms with E-state index in [4.69, 9.17) is 10.5 Å². The van der Waals surface area contributed by atoms with Crippen LogP contribution in [-0.2, 0) is 4.74 Å². The van der Waals surface area contributed by atoms with Gasteiger partial charge in [0.2, 0.25) is 0 Å². The summed E-state index contributed by atoms with van der Waals surface area (Å²) >= 11 is 0. The largest absolute Gasteiger partial charge is 0.366 e. The highest BCUT2D eigenvalue weighted by Crippen LogP contribution is 2.78. The van der Waals surface area contributed by atoms with E-state index in [2.05, 4.69) is 27.7 Å². The summed E-state index contributed by atoms with van der Waals surface area (Å²) in [7, 11) is 0. The molecule has 3 aliphatic carbocycles. The molecule has 3 unspecified atom stereocenters. The van der Waals surface area contributed by atoms with Crippen LogP contribution in [0, 0.1) is 22.7 Å². The lowest BCUT2D eigenvalue weighted by Crippen LogP contribution is -2.58. The fourth-order valence-electron chi connectivity index (χ4n) is 6.23. The van der Waals surface area contributed by atoms with Gasteiger partial charge in [0.05, 0.1) is 11.7 Å². The molecule has 2 heteroatoms. The summed E-state index contributed by atoms with van der Waals surface area (Å²) in [6.07, 6.45) is 5.58. The normalized spacial score (nSPS) is 66.5. The molecule has 0 aromatic carbocycles. The van der Waals surface area contributed by atoms with Crippen molar-refractivity contribution in [2.45, 2.75) is 70.6 Å². The van der Waals surface area contributed by atoms with Crippen molar-refractivity contribution in [3.05, 3.63) is 0 Å². The first-order valence-corrected chi connectivity index (χ1v) is 7.25. The predicted molar refractivity (Wildman–Crippen MR) is 67.5 cm³/mol.